The number of carboxylic acid groups (broad SMARTS) is 1. The van der Waals surface area contributed by atoms with Gasteiger partial charge in [-0.2, -0.15) is 0 Å². The number of aromatic carboxylic acids is 1. The van der Waals surface area contributed by atoms with Gasteiger partial charge in [-0.15, -0.1) is 0 Å². The monoisotopic (exact) mass is 485 g/mol. The van der Waals surface area contributed by atoms with Gasteiger partial charge >= 0.3 is 5.97 Å². The number of fused-ring (bicyclic) bond motifs is 1. The SMILES string of the molecule is O=C(O)c1ccccc1CCC1(c2cccc(C=Cc3ccc4ccc(Cl)cc4n3)c2)OCCO1. The molecule has 5 rings (SSSR count). The Bertz CT molecular complexity index is 1410. The van der Waals surface area contributed by atoms with Gasteiger partial charge in [-0.25, -0.2) is 9.78 Å². The maximum atomic E-state index is 11.6. The van der Waals surface area contributed by atoms with Crippen molar-refractivity contribution in [2.45, 2.75) is 18.6 Å². The molecule has 5 nitrogen and oxygen atoms in total. The van der Waals surface area contributed by atoms with Gasteiger partial charge in [-0.3, -0.25) is 0 Å². The number of hydrogen-bond donors (Lipinski definition) is 1. The zero-order chi connectivity index (χ0) is 24.3. The van der Waals surface area contributed by atoms with Crippen LogP contribution in [0.5, 0.6) is 0 Å². The number of halogens is 1. The van der Waals surface area contributed by atoms with Crippen LogP contribution in [0.1, 0.15) is 39.2 Å². The molecule has 35 heavy (non-hydrogen) atoms. The van der Waals surface area contributed by atoms with Crippen molar-refractivity contribution >= 4 is 40.6 Å². The molecule has 3 aromatic carbocycles. The Morgan fingerprint density at radius 3 is 2.60 bits per heavy atom. The Morgan fingerprint density at radius 1 is 0.971 bits per heavy atom. The molecule has 1 aliphatic rings. The van der Waals surface area contributed by atoms with E-state index in [-0.39, 0.29) is 0 Å². The summed E-state index contributed by atoms with van der Waals surface area (Å²) in [6.45, 7) is 0.981. The van der Waals surface area contributed by atoms with Gasteiger partial charge in [-0.1, -0.05) is 66.2 Å². The molecule has 1 aliphatic heterocycles. The van der Waals surface area contributed by atoms with Crippen LogP contribution in [-0.2, 0) is 21.7 Å². The molecule has 0 aliphatic carbocycles. The molecule has 2 heterocycles. The molecule has 6 heteroatoms. The Labute approximate surface area is 208 Å². The minimum absolute atomic E-state index is 0.307. The summed E-state index contributed by atoms with van der Waals surface area (Å²) in [4.78, 5) is 16.3. The van der Waals surface area contributed by atoms with Crippen molar-refractivity contribution in [1.82, 2.24) is 4.98 Å². The topological polar surface area (TPSA) is 68.7 Å². The third-order valence-corrected chi connectivity index (χ3v) is 6.41. The van der Waals surface area contributed by atoms with E-state index in [1.807, 2.05) is 78.9 Å². The molecular formula is C29H24ClNO4. The number of rotatable bonds is 7. The lowest BCUT2D eigenvalue weighted by Crippen LogP contribution is -2.28. The Morgan fingerprint density at radius 2 is 1.77 bits per heavy atom. The van der Waals surface area contributed by atoms with Crippen molar-refractivity contribution in [3.63, 3.8) is 0 Å². The second-order valence-electron chi connectivity index (χ2n) is 8.44. The number of aromatic nitrogens is 1. The molecule has 1 saturated heterocycles. The maximum absolute atomic E-state index is 11.6. The van der Waals surface area contributed by atoms with E-state index in [1.54, 1.807) is 12.1 Å². The largest absolute Gasteiger partial charge is 0.478 e. The fraction of sp³-hybridized carbons (Fsp3) is 0.172. The van der Waals surface area contributed by atoms with E-state index in [1.165, 1.54) is 0 Å². The summed E-state index contributed by atoms with van der Waals surface area (Å²) in [5.74, 6) is -1.84. The molecule has 0 spiro atoms. The average Bonchev–Trinajstić information content (AvgIpc) is 3.36. The fourth-order valence-corrected chi connectivity index (χ4v) is 4.58. The molecular weight excluding hydrogens is 462 g/mol. The summed E-state index contributed by atoms with van der Waals surface area (Å²) in [6.07, 6.45) is 5.00. The summed E-state index contributed by atoms with van der Waals surface area (Å²) < 4.78 is 12.2. The number of ether oxygens (including phenoxy) is 2. The van der Waals surface area contributed by atoms with Crippen molar-refractivity contribution < 1.29 is 19.4 Å². The highest BCUT2D eigenvalue weighted by Crippen LogP contribution is 2.37. The number of benzene rings is 3. The van der Waals surface area contributed by atoms with Crippen LogP contribution >= 0.6 is 11.6 Å². The first-order chi connectivity index (χ1) is 17.0. The zero-order valence-electron chi connectivity index (χ0n) is 19.0. The zero-order valence-corrected chi connectivity index (χ0v) is 19.7. The van der Waals surface area contributed by atoms with Crippen LogP contribution in [-0.4, -0.2) is 29.3 Å². The van der Waals surface area contributed by atoms with Gasteiger partial charge in [0, 0.05) is 22.4 Å². The maximum Gasteiger partial charge on any atom is 0.335 e. The third-order valence-electron chi connectivity index (χ3n) is 6.17. The van der Waals surface area contributed by atoms with E-state index in [0.717, 1.165) is 33.3 Å². The molecule has 1 N–H and O–H groups in total. The van der Waals surface area contributed by atoms with Crippen LogP contribution in [0.15, 0.2) is 78.9 Å². The molecule has 0 radical (unpaired) electrons. The van der Waals surface area contributed by atoms with Crippen molar-refractivity contribution in [3.05, 3.63) is 112 Å². The normalized spacial score (nSPS) is 15.1. The molecule has 0 amide bonds. The first-order valence-electron chi connectivity index (χ1n) is 11.5. The molecule has 0 bridgehead atoms. The highest BCUT2D eigenvalue weighted by atomic mass is 35.5. The van der Waals surface area contributed by atoms with Gasteiger partial charge in [0.05, 0.1) is 30.0 Å². The van der Waals surface area contributed by atoms with Crippen LogP contribution in [0.3, 0.4) is 0 Å². The van der Waals surface area contributed by atoms with E-state index < -0.39 is 11.8 Å². The number of pyridine rings is 1. The third kappa shape index (κ3) is 5.13. The van der Waals surface area contributed by atoms with Crippen LogP contribution in [0.4, 0.5) is 0 Å². The van der Waals surface area contributed by atoms with Gasteiger partial charge in [0.2, 0.25) is 0 Å². The first kappa shape index (κ1) is 23.2. The highest BCUT2D eigenvalue weighted by molar-refractivity contribution is 6.31. The lowest BCUT2D eigenvalue weighted by molar-refractivity contribution is -0.170. The number of nitrogens with zero attached hydrogens (tertiary/aromatic N) is 1. The van der Waals surface area contributed by atoms with Crippen LogP contribution < -0.4 is 0 Å². The fourth-order valence-electron chi connectivity index (χ4n) is 4.42. The van der Waals surface area contributed by atoms with Gasteiger partial charge in [0.15, 0.2) is 5.79 Å². The molecule has 4 aromatic rings. The van der Waals surface area contributed by atoms with Gasteiger partial charge < -0.3 is 14.6 Å². The Hall–Kier alpha value is -3.51. The number of aryl methyl sites for hydroxylation is 1. The highest BCUT2D eigenvalue weighted by Gasteiger charge is 2.38. The van der Waals surface area contributed by atoms with Crippen LogP contribution in [0, 0.1) is 0 Å². The van der Waals surface area contributed by atoms with E-state index in [4.69, 9.17) is 21.1 Å². The standard InChI is InChI=1S/C29H24ClNO4/c30-24-11-9-22-10-13-25(31-27(22)19-24)12-8-20-4-3-6-23(18-20)29(34-16-17-35-29)15-14-21-5-1-2-7-26(21)28(32)33/h1-13,18-19H,14-17H2,(H,32,33). The van der Waals surface area contributed by atoms with Crippen molar-refractivity contribution in [2.24, 2.45) is 0 Å². The second-order valence-corrected chi connectivity index (χ2v) is 8.88. The lowest BCUT2D eigenvalue weighted by atomic mass is 9.94. The summed E-state index contributed by atoms with van der Waals surface area (Å²) in [5.41, 5.74) is 4.64. The summed E-state index contributed by atoms with van der Waals surface area (Å²) in [5, 5.41) is 11.2. The molecule has 0 saturated carbocycles. The van der Waals surface area contributed by atoms with Gasteiger partial charge in [0.1, 0.15) is 0 Å². The molecule has 0 atom stereocenters. The molecule has 1 fully saturated rings. The second kappa shape index (κ2) is 10.0. The molecule has 1 aromatic heterocycles. The predicted octanol–water partition coefficient (Wildman–Crippen LogP) is 6.59. The lowest BCUT2D eigenvalue weighted by Gasteiger charge is -2.28. The summed E-state index contributed by atoms with van der Waals surface area (Å²) in [6, 6.07) is 24.7. The smallest absolute Gasteiger partial charge is 0.335 e. The van der Waals surface area contributed by atoms with Crippen molar-refractivity contribution in [2.75, 3.05) is 13.2 Å². The summed E-state index contributed by atoms with van der Waals surface area (Å²) in [7, 11) is 0. The molecule has 0 unspecified atom stereocenters. The van der Waals surface area contributed by atoms with Crippen molar-refractivity contribution in [1.29, 1.82) is 0 Å². The minimum Gasteiger partial charge on any atom is -0.478 e. The van der Waals surface area contributed by atoms with E-state index in [9.17, 15) is 9.90 Å². The predicted molar refractivity (Wildman–Crippen MR) is 137 cm³/mol. The van der Waals surface area contributed by atoms with Crippen LogP contribution in [0.25, 0.3) is 23.1 Å². The number of carbonyl (C=O) groups is 1. The Balaban J connectivity index is 1.39. The van der Waals surface area contributed by atoms with E-state index >= 15 is 0 Å². The van der Waals surface area contributed by atoms with Gasteiger partial charge in [-0.05, 0) is 54.0 Å². The van der Waals surface area contributed by atoms with E-state index in [0.29, 0.717) is 36.6 Å². The van der Waals surface area contributed by atoms with Gasteiger partial charge in [0.25, 0.3) is 0 Å². The quantitative estimate of drug-likeness (QED) is 0.320. The number of carboxylic acids is 1. The average molecular weight is 486 g/mol. The molecule has 176 valence electrons. The Kier molecular flexibility index (Phi) is 6.64. The van der Waals surface area contributed by atoms with Crippen molar-refractivity contribution in [3.8, 4) is 0 Å². The first-order valence-corrected chi connectivity index (χ1v) is 11.8. The summed E-state index contributed by atoms with van der Waals surface area (Å²) >= 11 is 6.11. The number of hydrogen-bond acceptors (Lipinski definition) is 4. The van der Waals surface area contributed by atoms with E-state index in [2.05, 4.69) is 4.98 Å². The minimum atomic E-state index is -0.931. The van der Waals surface area contributed by atoms with Crippen LogP contribution in [0.2, 0.25) is 5.02 Å².